The third-order valence-corrected chi connectivity index (χ3v) is 3.77. The highest BCUT2D eigenvalue weighted by Crippen LogP contribution is 2.17. The Labute approximate surface area is 144 Å². The van der Waals surface area contributed by atoms with E-state index in [0.29, 0.717) is 19.6 Å². The molecule has 1 saturated heterocycles. The molecule has 138 valence electrons. The van der Waals surface area contributed by atoms with Gasteiger partial charge in [0.15, 0.2) is 0 Å². The summed E-state index contributed by atoms with van der Waals surface area (Å²) in [5.41, 5.74) is -0.595. The summed E-state index contributed by atoms with van der Waals surface area (Å²) >= 11 is 0. The lowest BCUT2D eigenvalue weighted by Crippen LogP contribution is -2.49. The van der Waals surface area contributed by atoms with Crippen LogP contribution in [0.15, 0.2) is 0 Å². The Balaban J connectivity index is 2.52. The maximum Gasteiger partial charge on any atom is 0.410 e. The molecular weight excluding hydrogens is 310 g/mol. The molecule has 0 aromatic heterocycles. The molecular formula is C17H31N3O4. The Kier molecular flexibility index (Phi) is 7.51. The summed E-state index contributed by atoms with van der Waals surface area (Å²) in [6.45, 7) is 9.00. The highest BCUT2D eigenvalue weighted by molar-refractivity contribution is 5.84. The van der Waals surface area contributed by atoms with E-state index in [1.54, 1.807) is 32.7 Å². The number of rotatable bonds is 5. The van der Waals surface area contributed by atoms with Gasteiger partial charge < -0.3 is 19.9 Å². The second kappa shape index (κ2) is 8.89. The van der Waals surface area contributed by atoms with E-state index in [9.17, 15) is 14.4 Å². The van der Waals surface area contributed by atoms with E-state index in [2.05, 4.69) is 5.32 Å². The standard InChI is InChI=1S/C17H31N3O4/c1-6-9-18-15(22)13-8-7-10-20(11-13)14(21)12-19(5)16(23)24-17(2,3)4/h13H,6-12H2,1-5H3,(H,18,22)/t13-/m1/s1. The van der Waals surface area contributed by atoms with Crippen molar-refractivity contribution in [1.82, 2.24) is 15.1 Å². The van der Waals surface area contributed by atoms with Gasteiger partial charge in [-0.3, -0.25) is 9.59 Å². The molecule has 7 heteroatoms. The van der Waals surface area contributed by atoms with Gasteiger partial charge in [0.05, 0.1) is 5.92 Å². The van der Waals surface area contributed by atoms with Crippen molar-refractivity contribution in [2.75, 3.05) is 33.2 Å². The van der Waals surface area contributed by atoms with Crippen molar-refractivity contribution in [3.05, 3.63) is 0 Å². The van der Waals surface area contributed by atoms with Crippen molar-refractivity contribution in [2.45, 2.75) is 52.6 Å². The van der Waals surface area contributed by atoms with E-state index in [4.69, 9.17) is 4.74 Å². The van der Waals surface area contributed by atoms with E-state index < -0.39 is 11.7 Å². The summed E-state index contributed by atoms with van der Waals surface area (Å²) in [5, 5.41) is 2.88. The van der Waals surface area contributed by atoms with Gasteiger partial charge in [-0.25, -0.2) is 4.79 Å². The molecule has 24 heavy (non-hydrogen) atoms. The van der Waals surface area contributed by atoms with Gasteiger partial charge in [0.1, 0.15) is 12.1 Å². The van der Waals surface area contributed by atoms with Crippen LogP contribution < -0.4 is 5.32 Å². The number of likely N-dealkylation sites (N-methyl/N-ethyl adjacent to an activating group) is 1. The van der Waals surface area contributed by atoms with Gasteiger partial charge in [0.25, 0.3) is 0 Å². The third-order valence-electron chi connectivity index (χ3n) is 3.77. The number of amides is 3. The average Bonchev–Trinajstić information content (AvgIpc) is 2.50. The normalized spacial score (nSPS) is 18.0. The lowest BCUT2D eigenvalue weighted by Gasteiger charge is -2.33. The quantitative estimate of drug-likeness (QED) is 0.824. The van der Waals surface area contributed by atoms with E-state index in [1.165, 1.54) is 4.90 Å². The molecule has 0 unspecified atom stereocenters. The maximum atomic E-state index is 12.4. The Bertz CT molecular complexity index is 459. The molecule has 7 nitrogen and oxygen atoms in total. The van der Waals surface area contributed by atoms with Crippen molar-refractivity contribution in [3.8, 4) is 0 Å². The number of likely N-dealkylation sites (tertiary alicyclic amines) is 1. The van der Waals surface area contributed by atoms with E-state index in [1.807, 2.05) is 6.92 Å². The number of carbonyl (C=O) groups is 3. The Morgan fingerprint density at radius 2 is 1.96 bits per heavy atom. The molecule has 1 aliphatic rings. The highest BCUT2D eigenvalue weighted by atomic mass is 16.6. The fourth-order valence-corrected chi connectivity index (χ4v) is 2.52. The first-order valence-electron chi connectivity index (χ1n) is 8.63. The molecule has 0 aliphatic carbocycles. The fraction of sp³-hybridized carbons (Fsp3) is 0.824. The Morgan fingerprint density at radius 1 is 1.29 bits per heavy atom. The van der Waals surface area contributed by atoms with Crippen LogP contribution in [0.5, 0.6) is 0 Å². The van der Waals surface area contributed by atoms with Crippen LogP contribution in [-0.4, -0.2) is 66.5 Å². The molecule has 1 N–H and O–H groups in total. The van der Waals surface area contributed by atoms with Crippen LogP contribution >= 0.6 is 0 Å². The van der Waals surface area contributed by atoms with E-state index in [-0.39, 0.29) is 24.3 Å². The number of piperidine rings is 1. The van der Waals surface area contributed by atoms with Gasteiger partial charge in [-0.05, 0) is 40.0 Å². The summed E-state index contributed by atoms with van der Waals surface area (Å²) in [4.78, 5) is 39.4. The SMILES string of the molecule is CCCNC(=O)[C@@H]1CCCN(C(=O)CN(C)C(=O)OC(C)(C)C)C1. The minimum Gasteiger partial charge on any atom is -0.444 e. The smallest absolute Gasteiger partial charge is 0.410 e. The van der Waals surface area contributed by atoms with Crippen LogP contribution in [0.3, 0.4) is 0 Å². The molecule has 1 atom stereocenters. The zero-order valence-electron chi connectivity index (χ0n) is 15.6. The van der Waals surface area contributed by atoms with Crippen LogP contribution in [0, 0.1) is 5.92 Å². The molecule has 0 bridgehead atoms. The minimum atomic E-state index is -0.595. The summed E-state index contributed by atoms with van der Waals surface area (Å²) < 4.78 is 5.24. The second-order valence-corrected chi connectivity index (χ2v) is 7.31. The molecule has 0 saturated carbocycles. The topological polar surface area (TPSA) is 79.0 Å². The van der Waals surface area contributed by atoms with Crippen LogP contribution in [0.1, 0.15) is 47.0 Å². The van der Waals surface area contributed by atoms with Crippen molar-refractivity contribution in [2.24, 2.45) is 5.92 Å². The molecule has 0 spiro atoms. The predicted molar refractivity (Wildman–Crippen MR) is 91.5 cm³/mol. The number of carbonyl (C=O) groups excluding carboxylic acids is 3. The highest BCUT2D eigenvalue weighted by Gasteiger charge is 2.29. The van der Waals surface area contributed by atoms with Gasteiger partial charge in [-0.2, -0.15) is 0 Å². The van der Waals surface area contributed by atoms with Gasteiger partial charge in [0, 0.05) is 26.7 Å². The minimum absolute atomic E-state index is 0.00912. The van der Waals surface area contributed by atoms with Crippen molar-refractivity contribution < 1.29 is 19.1 Å². The van der Waals surface area contributed by atoms with Crippen molar-refractivity contribution in [1.29, 1.82) is 0 Å². The molecule has 0 radical (unpaired) electrons. The molecule has 1 fully saturated rings. The monoisotopic (exact) mass is 341 g/mol. The van der Waals surface area contributed by atoms with Gasteiger partial charge in [0.2, 0.25) is 11.8 Å². The number of ether oxygens (including phenoxy) is 1. The number of nitrogens with zero attached hydrogens (tertiary/aromatic N) is 2. The van der Waals surface area contributed by atoms with Crippen molar-refractivity contribution >= 4 is 17.9 Å². The van der Waals surface area contributed by atoms with Crippen LogP contribution in [0.4, 0.5) is 4.79 Å². The largest absolute Gasteiger partial charge is 0.444 e. The molecule has 0 aromatic carbocycles. The zero-order chi connectivity index (χ0) is 18.3. The molecule has 0 aromatic rings. The fourth-order valence-electron chi connectivity index (χ4n) is 2.52. The Morgan fingerprint density at radius 3 is 2.54 bits per heavy atom. The first-order chi connectivity index (χ1) is 11.1. The third kappa shape index (κ3) is 6.76. The number of hydrogen-bond donors (Lipinski definition) is 1. The van der Waals surface area contributed by atoms with Gasteiger partial charge in [-0.1, -0.05) is 6.92 Å². The lowest BCUT2D eigenvalue weighted by molar-refractivity contribution is -0.136. The first kappa shape index (κ1) is 20.3. The summed E-state index contributed by atoms with van der Waals surface area (Å²) in [5.74, 6) is -0.313. The average molecular weight is 341 g/mol. The van der Waals surface area contributed by atoms with E-state index in [0.717, 1.165) is 19.3 Å². The van der Waals surface area contributed by atoms with Crippen LogP contribution in [0.25, 0.3) is 0 Å². The first-order valence-corrected chi connectivity index (χ1v) is 8.63. The Hall–Kier alpha value is -1.79. The predicted octanol–water partition coefficient (Wildman–Crippen LogP) is 1.62. The molecule has 1 heterocycles. The molecule has 1 aliphatic heterocycles. The molecule has 3 amide bonds. The van der Waals surface area contributed by atoms with Crippen LogP contribution in [0.2, 0.25) is 0 Å². The zero-order valence-corrected chi connectivity index (χ0v) is 15.6. The van der Waals surface area contributed by atoms with Crippen molar-refractivity contribution in [3.63, 3.8) is 0 Å². The summed E-state index contributed by atoms with van der Waals surface area (Å²) in [6, 6.07) is 0. The number of nitrogens with one attached hydrogen (secondary N) is 1. The summed E-state index contributed by atoms with van der Waals surface area (Å²) in [7, 11) is 1.54. The van der Waals surface area contributed by atoms with Gasteiger partial charge >= 0.3 is 6.09 Å². The molecule has 1 rings (SSSR count). The van der Waals surface area contributed by atoms with E-state index >= 15 is 0 Å². The number of hydrogen-bond acceptors (Lipinski definition) is 4. The lowest BCUT2D eigenvalue weighted by atomic mass is 9.97. The van der Waals surface area contributed by atoms with Gasteiger partial charge in [-0.15, -0.1) is 0 Å². The maximum absolute atomic E-state index is 12.4. The van der Waals surface area contributed by atoms with Crippen LogP contribution in [-0.2, 0) is 14.3 Å². The second-order valence-electron chi connectivity index (χ2n) is 7.31. The summed E-state index contributed by atoms with van der Waals surface area (Å²) in [6.07, 6.45) is 1.96.